The van der Waals surface area contributed by atoms with Gasteiger partial charge in [0.2, 0.25) is 0 Å². The summed E-state index contributed by atoms with van der Waals surface area (Å²) >= 11 is 0. The molecule has 66 valence electrons. The maximum atomic E-state index is 10.6. The Morgan fingerprint density at radius 1 is 1.10 bits per heavy atom. The minimum atomic E-state index is -5.08. The average molecular weight is 168 g/mol. The van der Waals surface area contributed by atoms with Crippen molar-refractivity contribution in [1.29, 1.82) is 0 Å². The van der Waals surface area contributed by atoms with Gasteiger partial charge < -0.3 is 21.5 Å². The van der Waals surface area contributed by atoms with Crippen molar-refractivity contribution in [1.82, 2.24) is 0 Å². The highest BCUT2D eigenvalue weighted by molar-refractivity contribution is 5.73. The Balaban J connectivity index is -0.0000000600. The van der Waals surface area contributed by atoms with Crippen LogP contribution in [-0.2, 0) is 4.79 Å². The second-order valence-electron chi connectivity index (χ2n) is 0.803. The smallest absolute Gasteiger partial charge is 0.475 e. The lowest BCUT2D eigenvalue weighted by Gasteiger charge is -1.93. The quantitative estimate of drug-likeness (QED) is 0.455. The van der Waals surface area contributed by atoms with Gasteiger partial charge in [0.1, 0.15) is 0 Å². The molecule has 0 unspecified atom stereocenters. The molecule has 8 heteroatoms. The summed E-state index contributed by atoms with van der Waals surface area (Å²) in [5, 5.41) is 7.12. The normalized spacial score (nSPS) is 7.90. The number of aliphatic carboxylic acids is 1. The molecule has 0 atom stereocenters. The number of alkyl halides is 3. The van der Waals surface area contributed by atoms with E-state index in [0.717, 1.165) is 0 Å². The summed E-state index contributed by atoms with van der Waals surface area (Å²) in [6, 6.07) is 0. The van der Waals surface area contributed by atoms with Gasteiger partial charge in [0.05, 0.1) is 0 Å². The Kier molecular flexibility index (Phi) is 14.4. The van der Waals surface area contributed by atoms with Gasteiger partial charge in [-0.2, -0.15) is 13.2 Å². The van der Waals surface area contributed by atoms with E-state index >= 15 is 0 Å². The fraction of sp³-hybridized carbons (Fsp3) is 0.500. The van der Waals surface area contributed by atoms with Gasteiger partial charge in [0, 0.05) is 0 Å². The van der Waals surface area contributed by atoms with Crippen LogP contribution in [0.2, 0.25) is 0 Å². The van der Waals surface area contributed by atoms with Crippen molar-refractivity contribution >= 4 is 5.97 Å². The van der Waals surface area contributed by atoms with Crippen molar-refractivity contribution in [2.45, 2.75) is 6.18 Å². The van der Waals surface area contributed by atoms with Crippen LogP contribution in [0.3, 0.4) is 0 Å². The van der Waals surface area contributed by atoms with Crippen LogP contribution in [0.15, 0.2) is 0 Å². The highest BCUT2D eigenvalue weighted by Crippen LogP contribution is 2.13. The second-order valence-corrected chi connectivity index (χ2v) is 0.803. The van der Waals surface area contributed by atoms with Crippen LogP contribution in [0.1, 0.15) is 0 Å². The van der Waals surface area contributed by atoms with E-state index in [9.17, 15) is 13.2 Å². The van der Waals surface area contributed by atoms with E-state index < -0.39 is 12.1 Å². The number of carboxylic acids is 1. The van der Waals surface area contributed by atoms with E-state index in [0.29, 0.717) is 0 Å². The first-order valence-electron chi connectivity index (χ1n) is 1.24. The van der Waals surface area contributed by atoms with Crippen molar-refractivity contribution < 1.29 is 39.5 Å². The summed E-state index contributed by atoms with van der Waals surface area (Å²) in [5.41, 5.74) is 0. The van der Waals surface area contributed by atoms with Crippen LogP contribution in [0.25, 0.3) is 0 Å². The molecule has 10 heavy (non-hydrogen) atoms. The molecule has 0 radical (unpaired) electrons. The second kappa shape index (κ2) is 6.26. The molecule has 0 aliphatic heterocycles. The molecular weight excluding hydrogens is 161 g/mol. The fourth-order valence-corrected chi connectivity index (χ4v) is 0. The molecule has 5 nitrogen and oxygen atoms in total. The van der Waals surface area contributed by atoms with Crippen LogP contribution in [0.4, 0.5) is 13.2 Å². The molecule has 0 bridgehead atoms. The number of hydrogen-bond acceptors (Lipinski definition) is 1. The number of rotatable bonds is 0. The lowest BCUT2D eigenvalue weighted by molar-refractivity contribution is -0.192. The molecule has 0 aromatic carbocycles. The highest BCUT2D eigenvalue weighted by Gasteiger charge is 2.38. The maximum absolute atomic E-state index is 10.6. The van der Waals surface area contributed by atoms with E-state index in [-0.39, 0.29) is 16.4 Å². The van der Waals surface area contributed by atoms with Crippen LogP contribution < -0.4 is 0 Å². The Hall–Kier alpha value is -0.860. The zero-order chi connectivity index (χ0) is 6.08. The molecule has 0 fully saturated rings. The van der Waals surface area contributed by atoms with Gasteiger partial charge in [-0.05, 0) is 0 Å². The van der Waals surface area contributed by atoms with Crippen LogP contribution >= 0.6 is 0 Å². The van der Waals surface area contributed by atoms with Crippen molar-refractivity contribution in [2.75, 3.05) is 0 Å². The minimum absolute atomic E-state index is 0. The summed E-state index contributed by atoms with van der Waals surface area (Å²) in [6.45, 7) is 0. The highest BCUT2D eigenvalue weighted by atomic mass is 19.4. The first kappa shape index (κ1) is 22.9. The molecule has 7 N–H and O–H groups in total. The molecule has 0 aromatic heterocycles. The monoisotopic (exact) mass is 168 g/mol. The Morgan fingerprint density at radius 3 is 1.20 bits per heavy atom. The SMILES string of the molecule is O.O.O.O=C(O)C(F)(F)F. The summed E-state index contributed by atoms with van der Waals surface area (Å²) < 4.78 is 31.7. The zero-order valence-electron chi connectivity index (χ0n) is 4.49. The van der Waals surface area contributed by atoms with Gasteiger partial charge in [0.25, 0.3) is 0 Å². The third-order valence-corrected chi connectivity index (χ3v) is 0.243. The molecule has 0 aromatic rings. The fourth-order valence-electron chi connectivity index (χ4n) is 0. The van der Waals surface area contributed by atoms with Crippen LogP contribution in [0.5, 0.6) is 0 Å². The number of carbonyl (C=O) groups is 1. The predicted molar refractivity (Wildman–Crippen MR) is 24.5 cm³/mol. The van der Waals surface area contributed by atoms with E-state index in [1.165, 1.54) is 0 Å². The third kappa shape index (κ3) is 10.2. The van der Waals surface area contributed by atoms with Crippen molar-refractivity contribution in [3.8, 4) is 0 Å². The van der Waals surface area contributed by atoms with Gasteiger partial charge in [-0.15, -0.1) is 0 Å². The Bertz CT molecular complexity index is 87.4. The van der Waals surface area contributed by atoms with E-state index in [1.54, 1.807) is 0 Å². The first-order valence-corrected chi connectivity index (χ1v) is 1.24. The topological polar surface area (TPSA) is 132 Å². The molecular formula is C2H7F3O5. The number of halogens is 3. The van der Waals surface area contributed by atoms with Crippen molar-refractivity contribution in [3.05, 3.63) is 0 Å². The minimum Gasteiger partial charge on any atom is -0.475 e. The summed E-state index contributed by atoms with van der Waals surface area (Å²) in [7, 11) is 0. The van der Waals surface area contributed by atoms with Gasteiger partial charge in [-0.1, -0.05) is 0 Å². The van der Waals surface area contributed by atoms with E-state index in [4.69, 9.17) is 9.90 Å². The van der Waals surface area contributed by atoms with E-state index in [1.807, 2.05) is 0 Å². The molecule has 0 saturated carbocycles. The number of carboxylic acid groups (broad SMARTS) is 1. The Morgan fingerprint density at radius 2 is 1.20 bits per heavy atom. The summed E-state index contributed by atoms with van der Waals surface area (Å²) in [4.78, 5) is 8.90. The molecule has 0 rings (SSSR count). The largest absolute Gasteiger partial charge is 0.490 e. The molecule has 0 aliphatic carbocycles. The van der Waals surface area contributed by atoms with Crippen molar-refractivity contribution in [3.63, 3.8) is 0 Å². The van der Waals surface area contributed by atoms with Crippen LogP contribution in [0, 0.1) is 0 Å². The molecule has 0 aliphatic rings. The van der Waals surface area contributed by atoms with Crippen LogP contribution in [-0.4, -0.2) is 33.7 Å². The third-order valence-electron chi connectivity index (χ3n) is 0.243. The van der Waals surface area contributed by atoms with Gasteiger partial charge in [-0.3, -0.25) is 0 Å². The zero-order valence-corrected chi connectivity index (χ0v) is 4.49. The predicted octanol–water partition coefficient (Wildman–Crippen LogP) is -1.84. The number of hydrogen-bond donors (Lipinski definition) is 1. The van der Waals surface area contributed by atoms with E-state index in [2.05, 4.69) is 0 Å². The lowest BCUT2D eigenvalue weighted by Crippen LogP contribution is -2.21. The standard InChI is InChI=1S/C2HF3O2.3H2O/c3-2(4,5)1(6)7;;;/h(H,6,7);3*1H2. The summed E-state index contributed by atoms with van der Waals surface area (Å²) in [6.07, 6.45) is -5.08. The van der Waals surface area contributed by atoms with Crippen molar-refractivity contribution in [2.24, 2.45) is 0 Å². The molecule has 0 saturated heterocycles. The Labute approximate surface area is 53.0 Å². The van der Waals surface area contributed by atoms with Gasteiger partial charge >= 0.3 is 12.1 Å². The maximum Gasteiger partial charge on any atom is 0.490 e. The molecule has 0 spiro atoms. The van der Waals surface area contributed by atoms with Gasteiger partial charge in [-0.25, -0.2) is 4.79 Å². The summed E-state index contributed by atoms with van der Waals surface area (Å²) in [5.74, 6) is -2.76. The molecule has 0 heterocycles. The lowest BCUT2D eigenvalue weighted by atomic mass is 10.7. The van der Waals surface area contributed by atoms with Gasteiger partial charge in [0.15, 0.2) is 0 Å². The first-order chi connectivity index (χ1) is 2.94. The average Bonchev–Trinajstić information content (AvgIpc) is 1.31. The molecule has 0 amide bonds.